The van der Waals surface area contributed by atoms with Gasteiger partial charge in [0.1, 0.15) is 0 Å². The van der Waals surface area contributed by atoms with Crippen LogP contribution in [0.25, 0.3) is 0 Å². The minimum Gasteiger partial charge on any atom is -0.336 e. The van der Waals surface area contributed by atoms with Crippen LogP contribution in [0.4, 0.5) is 0 Å². The number of hydrogen-bond acceptors (Lipinski definition) is 3. The second-order valence-corrected chi connectivity index (χ2v) is 8.29. The van der Waals surface area contributed by atoms with Crippen LogP contribution in [0, 0.1) is 0 Å². The van der Waals surface area contributed by atoms with Crippen molar-refractivity contribution in [2.45, 2.75) is 12.5 Å². The van der Waals surface area contributed by atoms with Crippen molar-refractivity contribution in [2.24, 2.45) is 0 Å². The van der Waals surface area contributed by atoms with Crippen LogP contribution < -0.4 is 0 Å². The lowest BCUT2D eigenvalue weighted by Gasteiger charge is -2.48. The van der Waals surface area contributed by atoms with Crippen molar-refractivity contribution in [2.75, 3.05) is 39.3 Å². The van der Waals surface area contributed by atoms with Gasteiger partial charge in [-0.2, -0.15) is 0 Å². The molecule has 5 heteroatoms. The monoisotopic (exact) mass is 415 g/mol. The van der Waals surface area contributed by atoms with Crippen LogP contribution in [-0.4, -0.2) is 71.8 Å². The number of rotatable bonds is 6. The van der Waals surface area contributed by atoms with E-state index in [0.717, 1.165) is 68.0 Å². The summed E-state index contributed by atoms with van der Waals surface area (Å²) in [5.74, 6) is 0.189. The highest BCUT2D eigenvalue weighted by Gasteiger charge is 2.36. The molecule has 2 aliphatic rings. The smallest absolute Gasteiger partial charge is 0.253 e. The molecule has 31 heavy (non-hydrogen) atoms. The molecule has 0 saturated carbocycles. The summed E-state index contributed by atoms with van der Waals surface area (Å²) in [5, 5.41) is 0. The molecule has 2 aliphatic heterocycles. The van der Waals surface area contributed by atoms with Crippen molar-refractivity contribution in [1.29, 1.82) is 0 Å². The molecule has 2 saturated heterocycles. The molecule has 0 aromatic heterocycles. The van der Waals surface area contributed by atoms with E-state index in [1.54, 1.807) is 6.08 Å². The lowest BCUT2D eigenvalue weighted by molar-refractivity contribution is 0.00854. The highest BCUT2D eigenvalue weighted by Crippen LogP contribution is 2.20. The maximum Gasteiger partial charge on any atom is 0.253 e. The van der Waals surface area contributed by atoms with Gasteiger partial charge in [0.25, 0.3) is 11.8 Å². The fourth-order valence-corrected chi connectivity index (χ4v) is 4.19. The molecule has 5 nitrogen and oxygen atoms in total. The Balaban J connectivity index is 1.25. The van der Waals surface area contributed by atoms with E-state index in [-0.39, 0.29) is 11.8 Å². The van der Waals surface area contributed by atoms with Crippen LogP contribution in [0.3, 0.4) is 0 Å². The highest BCUT2D eigenvalue weighted by atomic mass is 16.2. The first-order chi connectivity index (χ1) is 15.0. The summed E-state index contributed by atoms with van der Waals surface area (Å²) in [6.45, 7) is 12.3. The van der Waals surface area contributed by atoms with Gasteiger partial charge < -0.3 is 9.80 Å². The third-order valence-corrected chi connectivity index (χ3v) is 6.21. The molecule has 0 radical (unpaired) electrons. The SMILES string of the molecule is C=CC(=C)Cc1ccc(C(=O)N2CCN(C3CN(C(=O)c4ccccc4)C3)CC2)cc1. The fourth-order valence-electron chi connectivity index (χ4n) is 4.19. The van der Waals surface area contributed by atoms with Gasteiger partial charge in [0.05, 0.1) is 0 Å². The van der Waals surface area contributed by atoms with E-state index in [1.807, 2.05) is 64.4 Å². The molecule has 2 amide bonds. The molecule has 0 unspecified atom stereocenters. The van der Waals surface area contributed by atoms with Crippen LogP contribution >= 0.6 is 0 Å². The maximum absolute atomic E-state index is 12.9. The van der Waals surface area contributed by atoms with E-state index in [4.69, 9.17) is 0 Å². The van der Waals surface area contributed by atoms with Gasteiger partial charge in [0, 0.05) is 56.4 Å². The van der Waals surface area contributed by atoms with Crippen molar-refractivity contribution in [3.63, 3.8) is 0 Å². The molecule has 0 spiro atoms. The van der Waals surface area contributed by atoms with Gasteiger partial charge in [-0.25, -0.2) is 0 Å². The molecular weight excluding hydrogens is 386 g/mol. The molecular formula is C26H29N3O2. The molecule has 160 valence electrons. The zero-order valence-electron chi connectivity index (χ0n) is 17.9. The minimum atomic E-state index is 0.0863. The highest BCUT2D eigenvalue weighted by molar-refractivity contribution is 5.95. The Bertz CT molecular complexity index is 954. The first kappa shape index (κ1) is 21.1. The normalized spacial score (nSPS) is 17.2. The fraction of sp³-hybridized carbons (Fsp3) is 0.308. The molecule has 2 aromatic carbocycles. The Morgan fingerprint density at radius 1 is 0.839 bits per heavy atom. The molecule has 0 aliphatic carbocycles. The van der Waals surface area contributed by atoms with Crippen molar-refractivity contribution < 1.29 is 9.59 Å². The van der Waals surface area contributed by atoms with Gasteiger partial charge in [-0.1, -0.05) is 55.1 Å². The van der Waals surface area contributed by atoms with Crippen molar-refractivity contribution in [1.82, 2.24) is 14.7 Å². The predicted octanol–water partition coefficient (Wildman–Crippen LogP) is 3.25. The number of likely N-dealkylation sites (tertiary alicyclic amines) is 1. The van der Waals surface area contributed by atoms with Gasteiger partial charge in [0.15, 0.2) is 0 Å². The second kappa shape index (κ2) is 9.31. The number of benzene rings is 2. The zero-order chi connectivity index (χ0) is 21.8. The summed E-state index contributed by atoms with van der Waals surface area (Å²) in [6, 6.07) is 17.6. The second-order valence-electron chi connectivity index (χ2n) is 8.29. The Kier molecular flexibility index (Phi) is 6.33. The number of allylic oxidation sites excluding steroid dienone is 2. The van der Waals surface area contributed by atoms with Crippen molar-refractivity contribution in [3.8, 4) is 0 Å². The number of nitrogens with zero attached hydrogens (tertiary/aromatic N) is 3. The van der Waals surface area contributed by atoms with Crippen molar-refractivity contribution in [3.05, 3.63) is 96.1 Å². The lowest BCUT2D eigenvalue weighted by Crippen LogP contribution is -2.64. The number of hydrogen-bond donors (Lipinski definition) is 0. The van der Waals surface area contributed by atoms with Gasteiger partial charge in [-0.05, 0) is 36.2 Å². The maximum atomic E-state index is 12.9. The molecule has 2 heterocycles. The Morgan fingerprint density at radius 3 is 2.03 bits per heavy atom. The molecule has 0 N–H and O–H groups in total. The molecule has 2 fully saturated rings. The quantitative estimate of drug-likeness (QED) is 0.681. The Labute approximate surface area is 184 Å². The summed E-state index contributed by atoms with van der Waals surface area (Å²) in [7, 11) is 0. The zero-order valence-corrected chi connectivity index (χ0v) is 17.9. The summed E-state index contributed by atoms with van der Waals surface area (Å²) in [4.78, 5) is 31.6. The largest absolute Gasteiger partial charge is 0.336 e. The predicted molar refractivity (Wildman–Crippen MR) is 123 cm³/mol. The van der Waals surface area contributed by atoms with E-state index < -0.39 is 0 Å². The van der Waals surface area contributed by atoms with Crippen LogP contribution in [0.2, 0.25) is 0 Å². The van der Waals surface area contributed by atoms with Gasteiger partial charge in [-0.15, -0.1) is 0 Å². The van der Waals surface area contributed by atoms with Crippen LogP contribution in [-0.2, 0) is 6.42 Å². The molecule has 0 bridgehead atoms. The summed E-state index contributed by atoms with van der Waals surface area (Å²) < 4.78 is 0. The molecule has 0 atom stereocenters. The molecule has 2 aromatic rings. The van der Waals surface area contributed by atoms with Crippen LogP contribution in [0.1, 0.15) is 26.3 Å². The summed E-state index contributed by atoms with van der Waals surface area (Å²) in [6.07, 6.45) is 2.51. The third kappa shape index (κ3) is 4.78. The first-order valence-electron chi connectivity index (χ1n) is 10.8. The van der Waals surface area contributed by atoms with Gasteiger partial charge >= 0.3 is 0 Å². The van der Waals surface area contributed by atoms with E-state index in [9.17, 15) is 9.59 Å². The van der Waals surface area contributed by atoms with Crippen molar-refractivity contribution >= 4 is 11.8 Å². The summed E-state index contributed by atoms with van der Waals surface area (Å²) in [5.41, 5.74) is 3.57. The van der Waals surface area contributed by atoms with E-state index in [1.165, 1.54) is 0 Å². The van der Waals surface area contributed by atoms with E-state index in [0.29, 0.717) is 6.04 Å². The first-order valence-corrected chi connectivity index (χ1v) is 10.8. The van der Waals surface area contributed by atoms with Gasteiger partial charge in [-0.3, -0.25) is 14.5 Å². The van der Waals surface area contributed by atoms with E-state index in [2.05, 4.69) is 18.1 Å². The number of carbonyl (C=O) groups is 2. The minimum absolute atomic E-state index is 0.0863. The number of carbonyl (C=O) groups excluding carboxylic acids is 2. The lowest BCUT2D eigenvalue weighted by atomic mass is 10.0. The van der Waals surface area contributed by atoms with Gasteiger partial charge in [0.2, 0.25) is 0 Å². The third-order valence-electron chi connectivity index (χ3n) is 6.21. The Hall–Kier alpha value is -3.18. The Morgan fingerprint density at radius 2 is 1.42 bits per heavy atom. The average molecular weight is 416 g/mol. The topological polar surface area (TPSA) is 43.9 Å². The number of piperazine rings is 1. The number of amides is 2. The summed E-state index contributed by atoms with van der Waals surface area (Å²) >= 11 is 0. The van der Waals surface area contributed by atoms with Crippen LogP contribution in [0.15, 0.2) is 79.4 Å². The van der Waals surface area contributed by atoms with E-state index >= 15 is 0 Å². The van der Waals surface area contributed by atoms with Crippen LogP contribution in [0.5, 0.6) is 0 Å². The standard InChI is InChI=1S/C26H29N3O2/c1-3-20(2)17-21-9-11-23(12-10-21)25(30)28-15-13-27(14-16-28)24-18-29(19-24)26(31)22-7-5-4-6-8-22/h3-12,24H,1-2,13-19H2. The molecule has 4 rings (SSSR count). The average Bonchev–Trinajstić information content (AvgIpc) is 2.79.